The summed E-state index contributed by atoms with van der Waals surface area (Å²) in [6, 6.07) is 23.6. The Labute approximate surface area is 210 Å². The third-order valence-corrected chi connectivity index (χ3v) is 6.20. The number of carbonyl (C=O) groups is 3. The Kier molecular flexibility index (Phi) is 7.49. The molecule has 3 amide bonds. The maximum Gasteiger partial charge on any atom is 0.337 e. The molecule has 1 unspecified atom stereocenters. The summed E-state index contributed by atoms with van der Waals surface area (Å²) in [6.07, 6.45) is 0.757. The molecule has 0 saturated heterocycles. The molecule has 4 rings (SSSR count). The molecule has 1 aliphatic rings. The molecule has 0 radical (unpaired) electrons. The average molecular weight is 484 g/mol. The van der Waals surface area contributed by atoms with E-state index < -0.39 is 12.0 Å². The lowest BCUT2D eigenvalue weighted by atomic mass is 9.94. The first kappa shape index (κ1) is 24.7. The summed E-state index contributed by atoms with van der Waals surface area (Å²) in [7, 11) is 1.32. The van der Waals surface area contributed by atoms with Crippen molar-refractivity contribution in [1.29, 1.82) is 0 Å². The zero-order valence-corrected chi connectivity index (χ0v) is 20.6. The normalized spacial score (nSPS) is 15.4. The molecule has 3 aromatic carbocycles. The second-order valence-electron chi connectivity index (χ2n) is 8.54. The second kappa shape index (κ2) is 10.9. The third kappa shape index (κ3) is 5.15. The van der Waals surface area contributed by atoms with Gasteiger partial charge in [-0.25, -0.2) is 9.59 Å². The van der Waals surface area contributed by atoms with Gasteiger partial charge in [-0.15, -0.1) is 0 Å². The number of amides is 3. The SMILES string of the molecule is CCCN1C(=O)NC(c2ccc(NC(=O)c3ccc(-c4ccccc4)cc3)cc2)C(C(=O)OC)=C1C. The van der Waals surface area contributed by atoms with Gasteiger partial charge >= 0.3 is 12.0 Å². The molecule has 184 valence electrons. The zero-order chi connectivity index (χ0) is 25.7. The largest absolute Gasteiger partial charge is 0.466 e. The van der Waals surface area contributed by atoms with Crippen LogP contribution in [0.3, 0.4) is 0 Å². The number of anilines is 1. The van der Waals surface area contributed by atoms with E-state index in [1.165, 1.54) is 7.11 Å². The van der Waals surface area contributed by atoms with Crippen LogP contribution in [0, 0.1) is 0 Å². The van der Waals surface area contributed by atoms with E-state index in [4.69, 9.17) is 4.74 Å². The van der Waals surface area contributed by atoms with Crippen LogP contribution in [-0.4, -0.2) is 36.5 Å². The number of hydrogen-bond acceptors (Lipinski definition) is 4. The van der Waals surface area contributed by atoms with Gasteiger partial charge in [-0.2, -0.15) is 0 Å². The Morgan fingerprint density at radius 3 is 2.19 bits per heavy atom. The molecule has 7 heteroatoms. The first-order chi connectivity index (χ1) is 17.4. The maximum absolute atomic E-state index is 12.8. The van der Waals surface area contributed by atoms with Crippen molar-refractivity contribution in [2.24, 2.45) is 0 Å². The number of hydrogen-bond donors (Lipinski definition) is 2. The lowest BCUT2D eigenvalue weighted by molar-refractivity contribution is -0.136. The summed E-state index contributed by atoms with van der Waals surface area (Å²) in [6.45, 7) is 4.22. The van der Waals surface area contributed by atoms with Crippen molar-refractivity contribution in [3.63, 3.8) is 0 Å². The fraction of sp³-hybridized carbons (Fsp3) is 0.207. The van der Waals surface area contributed by atoms with Gasteiger partial charge in [0.25, 0.3) is 5.91 Å². The topological polar surface area (TPSA) is 87.7 Å². The summed E-state index contributed by atoms with van der Waals surface area (Å²) >= 11 is 0. The molecular formula is C29H29N3O4. The molecule has 1 atom stereocenters. The van der Waals surface area contributed by atoms with Gasteiger partial charge in [0.1, 0.15) is 0 Å². The van der Waals surface area contributed by atoms with Gasteiger partial charge in [0.05, 0.1) is 18.7 Å². The number of esters is 1. The predicted octanol–water partition coefficient (Wildman–Crippen LogP) is 5.53. The fourth-order valence-corrected chi connectivity index (χ4v) is 4.31. The minimum atomic E-state index is -0.645. The van der Waals surface area contributed by atoms with Crippen LogP contribution in [0.2, 0.25) is 0 Å². The fourth-order valence-electron chi connectivity index (χ4n) is 4.31. The van der Waals surface area contributed by atoms with E-state index in [0.29, 0.717) is 34.6 Å². The molecular weight excluding hydrogens is 454 g/mol. The van der Waals surface area contributed by atoms with Crippen molar-refractivity contribution in [3.05, 3.63) is 101 Å². The number of nitrogens with zero attached hydrogens (tertiary/aromatic N) is 1. The van der Waals surface area contributed by atoms with Gasteiger partial charge in [-0.05, 0) is 54.3 Å². The summed E-state index contributed by atoms with van der Waals surface area (Å²) in [5, 5.41) is 5.81. The van der Waals surface area contributed by atoms with E-state index in [2.05, 4.69) is 10.6 Å². The quantitative estimate of drug-likeness (QED) is 0.433. The number of carbonyl (C=O) groups excluding carboxylic acids is 3. The molecule has 1 heterocycles. The Morgan fingerprint density at radius 1 is 0.944 bits per heavy atom. The van der Waals surface area contributed by atoms with Crippen LogP contribution < -0.4 is 10.6 Å². The van der Waals surface area contributed by atoms with Gasteiger partial charge in [-0.3, -0.25) is 9.69 Å². The Morgan fingerprint density at radius 2 is 1.58 bits per heavy atom. The summed E-state index contributed by atoms with van der Waals surface area (Å²) in [5.41, 5.74) is 4.95. The van der Waals surface area contributed by atoms with Crippen LogP contribution in [0.4, 0.5) is 10.5 Å². The highest BCUT2D eigenvalue weighted by atomic mass is 16.5. The lowest BCUT2D eigenvalue weighted by Gasteiger charge is -2.35. The molecule has 0 spiro atoms. The number of urea groups is 1. The van der Waals surface area contributed by atoms with Crippen LogP contribution in [0.25, 0.3) is 11.1 Å². The maximum atomic E-state index is 12.8. The highest BCUT2D eigenvalue weighted by Gasteiger charge is 2.35. The number of allylic oxidation sites excluding steroid dienone is 1. The van der Waals surface area contributed by atoms with Crippen LogP contribution in [0.1, 0.15) is 42.2 Å². The molecule has 0 aromatic heterocycles. The molecule has 2 N–H and O–H groups in total. The molecule has 0 bridgehead atoms. The van der Waals surface area contributed by atoms with Crippen molar-refractivity contribution in [2.75, 3.05) is 19.0 Å². The standard InChI is InChI=1S/C29H29N3O4/c1-4-18-32-19(2)25(28(34)36-3)26(31-29(32)35)22-14-16-24(17-15-22)30-27(33)23-12-10-21(11-13-23)20-8-6-5-7-9-20/h5-17,26H,4,18H2,1-3H3,(H,30,33)(H,31,35). The third-order valence-electron chi connectivity index (χ3n) is 6.20. The Hall–Kier alpha value is -4.39. The number of methoxy groups -OCH3 is 1. The predicted molar refractivity (Wildman–Crippen MR) is 139 cm³/mol. The number of benzene rings is 3. The van der Waals surface area contributed by atoms with Gasteiger partial charge in [0, 0.05) is 23.5 Å². The van der Waals surface area contributed by atoms with Gasteiger partial charge in [0.2, 0.25) is 0 Å². The monoisotopic (exact) mass is 483 g/mol. The summed E-state index contributed by atoms with van der Waals surface area (Å²) < 4.78 is 5.00. The van der Waals surface area contributed by atoms with Gasteiger partial charge in [0.15, 0.2) is 0 Å². The molecule has 3 aromatic rings. The zero-order valence-electron chi connectivity index (χ0n) is 20.6. The summed E-state index contributed by atoms with van der Waals surface area (Å²) in [5.74, 6) is -0.718. The highest BCUT2D eigenvalue weighted by Crippen LogP contribution is 2.32. The molecule has 0 aliphatic carbocycles. The first-order valence-electron chi connectivity index (χ1n) is 11.9. The number of rotatable bonds is 7. The van der Waals surface area contributed by atoms with Crippen molar-refractivity contribution >= 4 is 23.6 Å². The molecule has 1 aliphatic heterocycles. The Balaban J connectivity index is 1.51. The molecule has 7 nitrogen and oxygen atoms in total. The molecule has 36 heavy (non-hydrogen) atoms. The number of nitrogens with one attached hydrogen (secondary N) is 2. The van der Waals surface area contributed by atoms with Crippen molar-refractivity contribution in [3.8, 4) is 11.1 Å². The smallest absolute Gasteiger partial charge is 0.337 e. The van der Waals surface area contributed by atoms with Crippen molar-refractivity contribution in [1.82, 2.24) is 10.2 Å². The van der Waals surface area contributed by atoms with E-state index in [1.54, 1.807) is 48.2 Å². The van der Waals surface area contributed by atoms with E-state index in [1.807, 2.05) is 49.4 Å². The van der Waals surface area contributed by atoms with E-state index >= 15 is 0 Å². The first-order valence-corrected chi connectivity index (χ1v) is 11.9. The Bertz CT molecular complexity index is 1280. The highest BCUT2D eigenvalue weighted by molar-refractivity contribution is 6.04. The summed E-state index contributed by atoms with van der Waals surface area (Å²) in [4.78, 5) is 39.6. The van der Waals surface area contributed by atoms with Gasteiger partial charge < -0.3 is 15.4 Å². The van der Waals surface area contributed by atoms with E-state index in [0.717, 1.165) is 17.5 Å². The van der Waals surface area contributed by atoms with E-state index in [9.17, 15) is 14.4 Å². The van der Waals surface area contributed by atoms with Crippen molar-refractivity contribution < 1.29 is 19.1 Å². The average Bonchev–Trinajstić information content (AvgIpc) is 2.91. The number of ether oxygens (including phenoxy) is 1. The van der Waals surface area contributed by atoms with Crippen LogP contribution in [-0.2, 0) is 9.53 Å². The minimum absolute atomic E-state index is 0.227. The van der Waals surface area contributed by atoms with Crippen LogP contribution in [0.15, 0.2) is 90.1 Å². The van der Waals surface area contributed by atoms with E-state index in [-0.39, 0.29) is 11.9 Å². The molecule has 0 saturated carbocycles. The molecule has 0 fully saturated rings. The lowest BCUT2D eigenvalue weighted by Crippen LogP contribution is -2.48. The van der Waals surface area contributed by atoms with Crippen molar-refractivity contribution in [2.45, 2.75) is 26.3 Å². The minimum Gasteiger partial charge on any atom is -0.466 e. The van der Waals surface area contributed by atoms with Crippen LogP contribution in [0.5, 0.6) is 0 Å². The second-order valence-corrected chi connectivity index (χ2v) is 8.54. The van der Waals surface area contributed by atoms with Crippen LogP contribution >= 0.6 is 0 Å². The van der Waals surface area contributed by atoms with Gasteiger partial charge in [-0.1, -0.05) is 61.5 Å².